The summed E-state index contributed by atoms with van der Waals surface area (Å²) in [6.45, 7) is 7.47. The first kappa shape index (κ1) is 74.3. The van der Waals surface area contributed by atoms with E-state index in [1.54, 1.807) is 28.4 Å². The number of fused-ring (bicyclic) bond motifs is 6. The highest BCUT2D eigenvalue weighted by Crippen LogP contribution is 2.54. The van der Waals surface area contributed by atoms with Gasteiger partial charge in [-0.15, -0.1) is 0 Å². The second-order valence-electron chi connectivity index (χ2n) is 28.0. The van der Waals surface area contributed by atoms with Crippen LogP contribution >= 0.6 is 0 Å². The molecule has 0 aliphatic carbocycles. The van der Waals surface area contributed by atoms with Crippen LogP contribution < -0.4 is 38.2 Å². The maximum atomic E-state index is 14.0. The van der Waals surface area contributed by atoms with Crippen molar-refractivity contribution in [3.8, 4) is 56.8 Å². The molecule has 0 spiro atoms. The van der Waals surface area contributed by atoms with E-state index in [0.717, 1.165) is 152 Å². The molecule has 0 N–H and O–H groups in total. The van der Waals surface area contributed by atoms with Gasteiger partial charge in [-0.05, 0) is 181 Å². The molecular weight excluding hydrogens is 1370 g/mol. The Bertz CT molecular complexity index is 4640. The maximum Gasteiger partial charge on any atom is 0.306 e. The van der Waals surface area contributed by atoms with Gasteiger partial charge in [-0.1, -0.05) is 123 Å². The molecule has 0 amide bonds. The minimum absolute atomic E-state index is 0.0103. The summed E-state index contributed by atoms with van der Waals surface area (Å²) in [6, 6.07) is 69.1. The minimum Gasteiger partial charge on any atom is -0.497 e. The van der Waals surface area contributed by atoms with Gasteiger partial charge in [-0.25, -0.2) is 0 Å². The quantitative estimate of drug-likeness (QED) is 0.0307. The highest BCUT2D eigenvalue weighted by Gasteiger charge is 2.43. The van der Waals surface area contributed by atoms with Gasteiger partial charge in [0, 0.05) is 92.9 Å². The second kappa shape index (κ2) is 33.7. The molecule has 109 heavy (non-hydrogen) atoms. The lowest BCUT2D eigenvalue weighted by molar-refractivity contribution is -0.159. The number of nitrogens with zero attached hydrogens (tertiary/aromatic N) is 2. The number of rotatable bonds is 30. The van der Waals surface area contributed by atoms with Gasteiger partial charge in [-0.2, -0.15) is 0 Å². The molecule has 4 heterocycles. The van der Waals surface area contributed by atoms with E-state index in [9.17, 15) is 19.2 Å². The van der Waals surface area contributed by atoms with Crippen molar-refractivity contribution in [1.82, 2.24) is 0 Å². The fourth-order valence-corrected chi connectivity index (χ4v) is 15.2. The fourth-order valence-electron chi connectivity index (χ4n) is 15.2. The van der Waals surface area contributed by atoms with Crippen LogP contribution in [0.1, 0.15) is 111 Å². The van der Waals surface area contributed by atoms with Crippen molar-refractivity contribution in [2.45, 2.75) is 101 Å². The SMILES string of the molecule is CCC(COCC(CC)OC(=O)CCC(=O)OCC1=CC(c2ccccc2)(c2ccc(N3CCCC3)cc2)Oc2c1cc(-c1ccc(OC)cc1)c1ccc(OC)cc21)OC(=O)CCC(=O)OCC1=CC(c2ccccc2)(c2ccc(N3CCCC3)cc2)Oc2c1cc(-c1ccc(OC)cc1)c1ccc(OC)cc21. The first-order valence-corrected chi connectivity index (χ1v) is 37.8. The number of hydrogen-bond donors (Lipinski definition) is 0. The fraction of sp³-hybridized carbons (Fsp3) is 0.304. The summed E-state index contributed by atoms with van der Waals surface area (Å²) in [5.41, 5.74) is 10.1. The zero-order chi connectivity index (χ0) is 75.4. The Morgan fingerprint density at radius 2 is 0.734 bits per heavy atom. The van der Waals surface area contributed by atoms with Gasteiger partial charge in [0.05, 0.1) is 67.3 Å². The molecule has 4 atom stereocenters. The van der Waals surface area contributed by atoms with Crippen LogP contribution in [0.4, 0.5) is 11.4 Å². The summed E-state index contributed by atoms with van der Waals surface area (Å²) in [5.74, 6) is 1.54. The van der Waals surface area contributed by atoms with Gasteiger partial charge in [0.2, 0.25) is 0 Å². The molecule has 10 aromatic rings. The van der Waals surface area contributed by atoms with Gasteiger partial charge in [0.15, 0.2) is 11.2 Å². The van der Waals surface area contributed by atoms with Crippen molar-refractivity contribution in [3.05, 3.63) is 252 Å². The topological polar surface area (TPSA) is 176 Å². The average molecular weight is 1470 g/mol. The summed E-state index contributed by atoms with van der Waals surface area (Å²) < 4.78 is 68.0. The molecule has 2 fully saturated rings. The van der Waals surface area contributed by atoms with Crippen molar-refractivity contribution in [3.63, 3.8) is 0 Å². The average Bonchev–Trinajstić information content (AvgIpc) is 0.793. The van der Waals surface area contributed by atoms with Crippen molar-refractivity contribution >= 4 is 67.9 Å². The normalized spacial score (nSPS) is 17.0. The van der Waals surface area contributed by atoms with E-state index in [2.05, 4.69) is 82.6 Å². The summed E-state index contributed by atoms with van der Waals surface area (Å²) >= 11 is 0. The van der Waals surface area contributed by atoms with Crippen molar-refractivity contribution in [2.24, 2.45) is 0 Å². The largest absolute Gasteiger partial charge is 0.497 e. The number of anilines is 2. The molecule has 0 aromatic heterocycles. The molecule has 0 saturated carbocycles. The summed E-state index contributed by atoms with van der Waals surface area (Å²) in [7, 11) is 6.56. The Morgan fingerprint density at radius 3 is 1.09 bits per heavy atom. The van der Waals surface area contributed by atoms with E-state index in [4.69, 9.17) is 52.1 Å². The molecule has 10 aromatic carbocycles. The number of hydrogen-bond acceptors (Lipinski definition) is 17. The Hall–Kier alpha value is -11.6. The smallest absolute Gasteiger partial charge is 0.306 e. The van der Waals surface area contributed by atoms with E-state index < -0.39 is 47.3 Å². The third-order valence-electron chi connectivity index (χ3n) is 21.3. The van der Waals surface area contributed by atoms with Crippen LogP contribution in [0.25, 0.3) is 54.9 Å². The lowest BCUT2D eigenvalue weighted by Gasteiger charge is -2.39. The summed E-state index contributed by atoms with van der Waals surface area (Å²) in [6.07, 6.45) is 7.24. The first-order chi connectivity index (χ1) is 53.3. The molecule has 4 unspecified atom stereocenters. The van der Waals surface area contributed by atoms with Crippen LogP contribution in [0.3, 0.4) is 0 Å². The van der Waals surface area contributed by atoms with Crippen LogP contribution in [0.2, 0.25) is 0 Å². The van der Waals surface area contributed by atoms with Crippen LogP contribution in [-0.2, 0) is 54.1 Å². The second-order valence-corrected chi connectivity index (χ2v) is 28.0. The molecule has 17 heteroatoms. The van der Waals surface area contributed by atoms with E-state index in [1.807, 2.05) is 159 Å². The molecule has 17 nitrogen and oxygen atoms in total. The Balaban J connectivity index is 0.624. The summed E-state index contributed by atoms with van der Waals surface area (Å²) in [4.78, 5) is 60.0. The molecule has 560 valence electrons. The Labute approximate surface area is 636 Å². The van der Waals surface area contributed by atoms with Crippen molar-refractivity contribution in [2.75, 3.05) is 90.8 Å². The minimum atomic E-state index is -1.17. The van der Waals surface area contributed by atoms with Crippen LogP contribution in [0.5, 0.6) is 34.5 Å². The molecule has 4 aliphatic heterocycles. The highest BCUT2D eigenvalue weighted by atomic mass is 16.6. The number of carbonyl (C=O) groups excluding carboxylic acids is 4. The highest BCUT2D eigenvalue weighted by molar-refractivity contribution is 6.07. The summed E-state index contributed by atoms with van der Waals surface area (Å²) in [5, 5.41) is 3.46. The molecule has 14 rings (SSSR count). The number of esters is 4. The zero-order valence-electron chi connectivity index (χ0n) is 62.7. The molecule has 0 radical (unpaired) electrons. The van der Waals surface area contributed by atoms with E-state index in [0.29, 0.717) is 47.0 Å². The first-order valence-electron chi connectivity index (χ1n) is 37.8. The molecular formula is C92H92N2O15. The Kier molecular flexibility index (Phi) is 23.0. The lowest BCUT2D eigenvalue weighted by atomic mass is 9.80. The number of benzene rings is 10. The Morgan fingerprint density at radius 1 is 0.385 bits per heavy atom. The molecule has 4 aliphatic rings. The van der Waals surface area contributed by atoms with Crippen LogP contribution in [-0.4, -0.2) is 117 Å². The van der Waals surface area contributed by atoms with Crippen molar-refractivity contribution in [1.29, 1.82) is 0 Å². The van der Waals surface area contributed by atoms with Gasteiger partial charge in [0.1, 0.15) is 59.9 Å². The maximum absolute atomic E-state index is 14.0. The lowest BCUT2D eigenvalue weighted by Crippen LogP contribution is -2.36. The molecule has 0 bridgehead atoms. The standard InChI is InChI=1S/C92H92N2O15/c1-7-71(106-87(97)45-43-85(95)104-57-63-55-91(65-19-11-9-12-20-65,67-27-31-69(32-28-67)93-47-15-16-48-93)108-89-81(63)53-79(61-23-35-73(99-3)36-24-61)77-41-39-75(101-5)51-83(77)89)59-103-60-72(8-2)107-88(98)46-44-86(96)105-58-64-56-92(66-21-13-10-14-22-66,68-29-33-70(34-30-68)94-49-17-18-50-94)109-90-82(64)54-80(62-25-37-74(100-4)38-26-62)78-42-40-76(102-6)52-84(78)90/h9-14,19-42,51-56,71-72H,7-8,15-18,43-50,57-60H2,1-6H3. The van der Waals surface area contributed by atoms with Gasteiger partial charge < -0.3 is 61.9 Å². The van der Waals surface area contributed by atoms with Gasteiger partial charge in [0.25, 0.3) is 0 Å². The number of methoxy groups -OCH3 is 4. The number of carbonyl (C=O) groups is 4. The zero-order valence-corrected chi connectivity index (χ0v) is 62.7. The van der Waals surface area contributed by atoms with E-state index in [1.165, 1.54) is 0 Å². The van der Waals surface area contributed by atoms with Crippen molar-refractivity contribution < 1.29 is 71.3 Å². The predicted octanol–water partition coefficient (Wildman–Crippen LogP) is 18.0. The monoisotopic (exact) mass is 1460 g/mol. The third-order valence-corrected chi connectivity index (χ3v) is 21.3. The van der Waals surface area contributed by atoms with E-state index in [-0.39, 0.29) is 52.1 Å². The van der Waals surface area contributed by atoms with Gasteiger partial charge in [-0.3, -0.25) is 19.2 Å². The van der Waals surface area contributed by atoms with Crippen LogP contribution in [0.15, 0.2) is 218 Å². The van der Waals surface area contributed by atoms with Gasteiger partial charge >= 0.3 is 23.9 Å². The molecule has 2 saturated heterocycles. The third kappa shape index (κ3) is 16.2. The van der Waals surface area contributed by atoms with Crippen LogP contribution in [0, 0.1) is 0 Å². The number of ether oxygens (including phenoxy) is 11. The van der Waals surface area contributed by atoms with E-state index >= 15 is 0 Å². The predicted molar refractivity (Wildman–Crippen MR) is 424 cm³/mol.